The number of aromatic nitrogens is 3. The average Bonchev–Trinajstić information content (AvgIpc) is 2.63. The molecular formula is C13H17N3O. The van der Waals surface area contributed by atoms with E-state index in [-0.39, 0.29) is 0 Å². The van der Waals surface area contributed by atoms with Gasteiger partial charge in [0.05, 0.1) is 11.8 Å². The van der Waals surface area contributed by atoms with Gasteiger partial charge in [-0.25, -0.2) is 0 Å². The monoisotopic (exact) mass is 231 g/mol. The molecule has 0 aliphatic rings. The van der Waals surface area contributed by atoms with Gasteiger partial charge in [-0.15, -0.1) is 5.10 Å². The predicted octanol–water partition coefficient (Wildman–Crippen LogP) is 1.71. The Morgan fingerprint density at radius 1 is 1.29 bits per heavy atom. The van der Waals surface area contributed by atoms with Crippen LogP contribution in [0.5, 0.6) is 0 Å². The Kier molecular flexibility index (Phi) is 3.24. The quantitative estimate of drug-likeness (QED) is 0.874. The summed E-state index contributed by atoms with van der Waals surface area (Å²) in [5.74, 6) is 0. The maximum atomic E-state index is 10.3. The third-order valence-electron chi connectivity index (χ3n) is 2.93. The number of aliphatic hydroxyl groups excluding tert-OH is 1. The van der Waals surface area contributed by atoms with Crippen molar-refractivity contribution in [1.29, 1.82) is 0 Å². The molecule has 0 aliphatic carbocycles. The molecule has 1 aromatic carbocycles. The predicted molar refractivity (Wildman–Crippen MR) is 65.6 cm³/mol. The minimum atomic E-state index is -0.520. The zero-order valence-electron chi connectivity index (χ0n) is 10.4. The minimum Gasteiger partial charge on any atom is -0.388 e. The van der Waals surface area contributed by atoms with Gasteiger partial charge in [-0.05, 0) is 30.5 Å². The molecule has 0 spiro atoms. The summed E-state index contributed by atoms with van der Waals surface area (Å²) in [5, 5.41) is 18.1. The van der Waals surface area contributed by atoms with Crippen molar-refractivity contribution in [1.82, 2.24) is 15.0 Å². The van der Waals surface area contributed by atoms with Gasteiger partial charge in [-0.3, -0.25) is 4.68 Å². The number of aryl methyl sites for hydroxylation is 3. The summed E-state index contributed by atoms with van der Waals surface area (Å²) in [6.45, 7) is 4.03. The van der Waals surface area contributed by atoms with E-state index in [1.807, 2.05) is 45.3 Å². The fourth-order valence-corrected chi connectivity index (χ4v) is 2.14. The van der Waals surface area contributed by atoms with Crippen LogP contribution in [0.2, 0.25) is 0 Å². The summed E-state index contributed by atoms with van der Waals surface area (Å²) in [7, 11) is 1.82. The number of benzene rings is 1. The molecule has 0 saturated heterocycles. The van der Waals surface area contributed by atoms with Crippen LogP contribution in [0.3, 0.4) is 0 Å². The topological polar surface area (TPSA) is 50.9 Å². The number of rotatable bonds is 3. The van der Waals surface area contributed by atoms with Crippen molar-refractivity contribution in [2.45, 2.75) is 26.4 Å². The minimum absolute atomic E-state index is 0.500. The van der Waals surface area contributed by atoms with Crippen LogP contribution in [0.1, 0.15) is 28.5 Å². The Balaban J connectivity index is 2.22. The van der Waals surface area contributed by atoms with E-state index in [4.69, 9.17) is 0 Å². The van der Waals surface area contributed by atoms with Crippen molar-refractivity contribution in [3.63, 3.8) is 0 Å². The molecule has 1 N–H and O–H groups in total. The average molecular weight is 231 g/mol. The van der Waals surface area contributed by atoms with E-state index in [2.05, 4.69) is 10.3 Å². The van der Waals surface area contributed by atoms with Gasteiger partial charge in [0, 0.05) is 19.7 Å². The number of aliphatic hydroxyl groups is 1. The highest BCUT2D eigenvalue weighted by atomic mass is 16.3. The van der Waals surface area contributed by atoms with E-state index < -0.39 is 6.10 Å². The summed E-state index contributed by atoms with van der Waals surface area (Å²) >= 11 is 0. The Morgan fingerprint density at radius 3 is 2.47 bits per heavy atom. The van der Waals surface area contributed by atoms with E-state index in [9.17, 15) is 5.11 Å². The van der Waals surface area contributed by atoms with Crippen molar-refractivity contribution >= 4 is 0 Å². The SMILES string of the molecule is Cc1cccc(C)c1C(O)Cc1cn(C)nn1. The lowest BCUT2D eigenvalue weighted by Gasteiger charge is -2.15. The number of nitrogens with zero attached hydrogens (tertiary/aromatic N) is 3. The lowest BCUT2D eigenvalue weighted by atomic mass is 9.95. The molecule has 0 fully saturated rings. The van der Waals surface area contributed by atoms with Crippen molar-refractivity contribution in [2.75, 3.05) is 0 Å². The van der Waals surface area contributed by atoms with Gasteiger partial charge < -0.3 is 5.11 Å². The first kappa shape index (κ1) is 11.8. The summed E-state index contributed by atoms with van der Waals surface area (Å²) in [6.07, 6.45) is 1.81. The van der Waals surface area contributed by atoms with Crippen molar-refractivity contribution in [2.24, 2.45) is 7.05 Å². The van der Waals surface area contributed by atoms with Crippen LogP contribution in [0.25, 0.3) is 0 Å². The molecule has 0 aliphatic heterocycles. The highest BCUT2D eigenvalue weighted by Crippen LogP contribution is 2.24. The third-order valence-corrected chi connectivity index (χ3v) is 2.93. The normalized spacial score (nSPS) is 12.7. The third kappa shape index (κ3) is 2.53. The molecule has 0 amide bonds. The largest absolute Gasteiger partial charge is 0.388 e. The molecule has 1 unspecified atom stereocenters. The molecule has 1 atom stereocenters. The van der Waals surface area contributed by atoms with Crippen LogP contribution in [-0.4, -0.2) is 20.1 Å². The van der Waals surface area contributed by atoms with Gasteiger partial charge in [-0.2, -0.15) is 0 Å². The summed E-state index contributed by atoms with van der Waals surface area (Å²) in [5.41, 5.74) is 4.03. The van der Waals surface area contributed by atoms with E-state index in [1.165, 1.54) is 0 Å². The van der Waals surface area contributed by atoms with E-state index in [0.29, 0.717) is 6.42 Å². The lowest BCUT2D eigenvalue weighted by Crippen LogP contribution is -2.06. The molecule has 2 aromatic rings. The Labute approximate surface area is 101 Å². The molecule has 0 bridgehead atoms. The zero-order chi connectivity index (χ0) is 12.4. The van der Waals surface area contributed by atoms with Gasteiger partial charge in [0.2, 0.25) is 0 Å². The Bertz CT molecular complexity index is 499. The van der Waals surface area contributed by atoms with Gasteiger partial charge >= 0.3 is 0 Å². The number of hydrogen-bond donors (Lipinski definition) is 1. The molecule has 1 aromatic heterocycles. The molecule has 1 heterocycles. The van der Waals surface area contributed by atoms with Crippen molar-refractivity contribution in [3.8, 4) is 0 Å². The Morgan fingerprint density at radius 2 is 1.94 bits per heavy atom. The highest BCUT2D eigenvalue weighted by Gasteiger charge is 2.15. The van der Waals surface area contributed by atoms with Crippen LogP contribution < -0.4 is 0 Å². The second kappa shape index (κ2) is 4.67. The van der Waals surface area contributed by atoms with Crippen molar-refractivity contribution < 1.29 is 5.11 Å². The summed E-state index contributed by atoms with van der Waals surface area (Å²) in [4.78, 5) is 0. The maximum Gasteiger partial charge on any atom is 0.0856 e. The second-order valence-electron chi connectivity index (χ2n) is 4.41. The summed E-state index contributed by atoms with van der Waals surface area (Å²) < 4.78 is 1.65. The zero-order valence-corrected chi connectivity index (χ0v) is 10.4. The molecular weight excluding hydrogens is 214 g/mol. The van der Waals surface area contributed by atoms with Crippen LogP contribution in [0.4, 0.5) is 0 Å². The van der Waals surface area contributed by atoms with Crippen LogP contribution in [0, 0.1) is 13.8 Å². The molecule has 4 nitrogen and oxygen atoms in total. The molecule has 17 heavy (non-hydrogen) atoms. The standard InChI is InChI=1S/C13H17N3O/c1-9-5-4-6-10(2)13(9)12(17)7-11-8-16(3)15-14-11/h4-6,8,12,17H,7H2,1-3H3. The van der Waals surface area contributed by atoms with E-state index in [0.717, 1.165) is 22.4 Å². The van der Waals surface area contributed by atoms with Gasteiger partial charge in [-0.1, -0.05) is 23.4 Å². The molecule has 0 radical (unpaired) electrons. The fourth-order valence-electron chi connectivity index (χ4n) is 2.14. The number of hydrogen-bond acceptors (Lipinski definition) is 3. The first-order valence-electron chi connectivity index (χ1n) is 5.67. The summed E-state index contributed by atoms with van der Waals surface area (Å²) in [6, 6.07) is 6.04. The lowest BCUT2D eigenvalue weighted by molar-refractivity contribution is 0.175. The maximum absolute atomic E-state index is 10.3. The van der Waals surface area contributed by atoms with Gasteiger partial charge in [0.15, 0.2) is 0 Å². The van der Waals surface area contributed by atoms with Gasteiger partial charge in [0.1, 0.15) is 0 Å². The van der Waals surface area contributed by atoms with E-state index >= 15 is 0 Å². The molecule has 4 heteroatoms. The van der Waals surface area contributed by atoms with Crippen molar-refractivity contribution in [3.05, 3.63) is 46.8 Å². The second-order valence-corrected chi connectivity index (χ2v) is 4.41. The molecule has 0 saturated carbocycles. The molecule has 90 valence electrons. The first-order valence-corrected chi connectivity index (χ1v) is 5.67. The van der Waals surface area contributed by atoms with Gasteiger partial charge in [0.25, 0.3) is 0 Å². The van der Waals surface area contributed by atoms with Crippen LogP contribution in [-0.2, 0) is 13.5 Å². The van der Waals surface area contributed by atoms with E-state index in [1.54, 1.807) is 4.68 Å². The smallest absolute Gasteiger partial charge is 0.0856 e. The fraction of sp³-hybridized carbons (Fsp3) is 0.385. The molecule has 2 rings (SSSR count). The Hall–Kier alpha value is -1.68. The van der Waals surface area contributed by atoms with Crippen LogP contribution in [0.15, 0.2) is 24.4 Å². The van der Waals surface area contributed by atoms with Crippen LogP contribution >= 0.6 is 0 Å². The first-order chi connectivity index (χ1) is 8.08. The highest BCUT2D eigenvalue weighted by molar-refractivity contribution is 5.35.